The minimum Gasteiger partial charge on any atom is -0.302 e. The summed E-state index contributed by atoms with van der Waals surface area (Å²) in [6.07, 6.45) is 1.60. The fourth-order valence-electron chi connectivity index (χ4n) is 1.30. The lowest BCUT2D eigenvalue weighted by Crippen LogP contribution is -1.91. The van der Waals surface area contributed by atoms with E-state index in [9.17, 15) is 4.21 Å². The molecule has 0 amide bonds. The molecule has 68 valence electrons. The molecule has 1 aromatic heterocycles. The Kier molecular flexibility index (Phi) is 1.90. The molecule has 0 bridgehead atoms. The van der Waals surface area contributed by atoms with Crippen molar-refractivity contribution in [2.75, 3.05) is 0 Å². The maximum atomic E-state index is 10.9. The third-order valence-electron chi connectivity index (χ3n) is 1.94. The van der Waals surface area contributed by atoms with E-state index < -0.39 is 11.1 Å². The summed E-state index contributed by atoms with van der Waals surface area (Å²) in [5, 5.41) is 4.74. The second-order valence-corrected chi connectivity index (χ2v) is 3.64. The highest BCUT2D eigenvalue weighted by atomic mass is 32.2. The smallest absolute Gasteiger partial charge is 0.187 e. The number of benzene rings is 1. The zero-order valence-corrected chi connectivity index (χ0v) is 7.78. The van der Waals surface area contributed by atoms with Crippen LogP contribution in [0.2, 0.25) is 0 Å². The first-order valence-electron chi connectivity index (χ1n) is 3.72. The quantitative estimate of drug-likeness (QED) is 0.696. The predicted molar refractivity (Wildman–Crippen MR) is 49.8 cm³/mol. The van der Waals surface area contributed by atoms with E-state index in [0.717, 1.165) is 10.9 Å². The zero-order valence-electron chi connectivity index (χ0n) is 6.97. The van der Waals surface area contributed by atoms with Crippen molar-refractivity contribution < 1.29 is 8.76 Å². The number of aromatic nitrogens is 2. The molecule has 0 saturated carbocycles. The molecule has 0 radical (unpaired) electrons. The fraction of sp³-hybridized carbons (Fsp3) is 0.125. The van der Waals surface area contributed by atoms with Gasteiger partial charge in [-0.1, -0.05) is 6.07 Å². The Balaban J connectivity index is 2.84. The summed E-state index contributed by atoms with van der Waals surface area (Å²) >= 11 is -1.94. The van der Waals surface area contributed by atoms with Gasteiger partial charge in [0, 0.05) is 12.4 Å². The number of fused-ring (bicyclic) bond motifs is 1. The lowest BCUT2D eigenvalue weighted by atomic mass is 10.2. The molecule has 1 atom stereocenters. The van der Waals surface area contributed by atoms with Gasteiger partial charge in [0.25, 0.3) is 0 Å². The van der Waals surface area contributed by atoms with Crippen LogP contribution in [0, 0.1) is 0 Å². The van der Waals surface area contributed by atoms with Gasteiger partial charge in [-0.15, -0.1) is 0 Å². The molecule has 1 unspecified atom stereocenters. The van der Waals surface area contributed by atoms with Crippen LogP contribution in [-0.4, -0.2) is 18.5 Å². The van der Waals surface area contributed by atoms with Crippen molar-refractivity contribution in [3.63, 3.8) is 0 Å². The number of rotatable bonds is 1. The summed E-state index contributed by atoms with van der Waals surface area (Å²) in [6.45, 7) is 0. The minimum absolute atomic E-state index is 0.408. The Labute approximate surface area is 77.5 Å². The van der Waals surface area contributed by atoms with Gasteiger partial charge in [0.1, 0.15) is 0 Å². The molecule has 1 aromatic carbocycles. The van der Waals surface area contributed by atoms with E-state index in [-0.39, 0.29) is 0 Å². The van der Waals surface area contributed by atoms with Crippen molar-refractivity contribution in [2.45, 2.75) is 4.90 Å². The third kappa shape index (κ3) is 1.26. The number of hydrogen-bond acceptors (Lipinski definition) is 2. The number of nitrogens with zero attached hydrogens (tertiary/aromatic N) is 2. The van der Waals surface area contributed by atoms with E-state index >= 15 is 0 Å². The number of hydrogen-bond donors (Lipinski definition) is 1. The maximum absolute atomic E-state index is 10.9. The van der Waals surface area contributed by atoms with Crippen LogP contribution in [0.15, 0.2) is 29.3 Å². The molecule has 1 heterocycles. The van der Waals surface area contributed by atoms with Crippen molar-refractivity contribution in [3.8, 4) is 0 Å². The topological polar surface area (TPSA) is 55.1 Å². The first-order chi connectivity index (χ1) is 6.20. The van der Waals surface area contributed by atoms with Crippen molar-refractivity contribution in [2.24, 2.45) is 7.05 Å². The van der Waals surface area contributed by atoms with Crippen LogP contribution in [0.1, 0.15) is 0 Å². The lowest BCUT2D eigenvalue weighted by Gasteiger charge is -1.97. The summed E-state index contributed by atoms with van der Waals surface area (Å²) in [5.41, 5.74) is 0.861. The minimum atomic E-state index is -1.94. The highest BCUT2D eigenvalue weighted by molar-refractivity contribution is 7.79. The van der Waals surface area contributed by atoms with Gasteiger partial charge in [-0.25, -0.2) is 4.21 Å². The van der Waals surface area contributed by atoms with Crippen LogP contribution < -0.4 is 0 Å². The molecule has 13 heavy (non-hydrogen) atoms. The highest BCUT2D eigenvalue weighted by Crippen LogP contribution is 2.19. The van der Waals surface area contributed by atoms with E-state index in [1.807, 2.05) is 6.07 Å². The van der Waals surface area contributed by atoms with Crippen molar-refractivity contribution in [1.29, 1.82) is 0 Å². The molecule has 2 rings (SSSR count). The van der Waals surface area contributed by atoms with E-state index in [0.29, 0.717) is 4.90 Å². The maximum Gasteiger partial charge on any atom is 0.187 e. The molecule has 4 nitrogen and oxygen atoms in total. The second kappa shape index (κ2) is 2.93. The van der Waals surface area contributed by atoms with Crippen LogP contribution in [0.25, 0.3) is 10.9 Å². The summed E-state index contributed by atoms with van der Waals surface area (Å²) < 4.78 is 21.5. The number of aryl methyl sites for hydroxylation is 1. The van der Waals surface area contributed by atoms with E-state index in [1.165, 1.54) is 0 Å². The molecule has 1 N–H and O–H groups in total. The Bertz CT molecular complexity index is 478. The average molecular weight is 196 g/mol. The molecule has 0 aliphatic heterocycles. The molecule has 0 saturated heterocycles. The highest BCUT2D eigenvalue weighted by Gasteiger charge is 2.08. The second-order valence-electron chi connectivity index (χ2n) is 2.71. The zero-order chi connectivity index (χ0) is 9.42. The van der Waals surface area contributed by atoms with Gasteiger partial charge in [0.05, 0.1) is 16.6 Å². The standard InChI is InChI=1S/C8H8N2O2S/c1-10-7-3-2-4-8(13(11)12)6(7)5-9-10/h2-5H,1H3,(H,11,12). The van der Waals surface area contributed by atoms with Gasteiger partial charge in [-0.2, -0.15) is 5.10 Å². The predicted octanol–water partition coefficient (Wildman–Crippen LogP) is 1.15. The first-order valence-corrected chi connectivity index (χ1v) is 4.82. The summed E-state index contributed by atoms with van der Waals surface area (Å²) in [5.74, 6) is 0. The van der Waals surface area contributed by atoms with Crippen molar-refractivity contribution in [3.05, 3.63) is 24.4 Å². The molecule has 0 fully saturated rings. The van der Waals surface area contributed by atoms with Gasteiger partial charge in [0.2, 0.25) is 0 Å². The van der Waals surface area contributed by atoms with Gasteiger partial charge in [0.15, 0.2) is 11.1 Å². The largest absolute Gasteiger partial charge is 0.302 e. The molecule has 0 spiro atoms. The van der Waals surface area contributed by atoms with Crippen molar-refractivity contribution in [1.82, 2.24) is 9.78 Å². The Morgan fingerprint density at radius 1 is 1.54 bits per heavy atom. The van der Waals surface area contributed by atoms with Crippen molar-refractivity contribution >= 4 is 22.0 Å². The fourth-order valence-corrected chi connectivity index (χ4v) is 1.84. The molecular weight excluding hydrogens is 188 g/mol. The SMILES string of the molecule is Cn1ncc2c(S(=O)O)cccc21. The van der Waals surface area contributed by atoms with Crippen LogP contribution in [0.5, 0.6) is 0 Å². The van der Waals surface area contributed by atoms with Gasteiger partial charge in [-0.3, -0.25) is 4.68 Å². The summed E-state index contributed by atoms with van der Waals surface area (Å²) in [6, 6.07) is 5.23. The average Bonchev–Trinajstić information content (AvgIpc) is 2.48. The molecule has 0 aliphatic carbocycles. The monoisotopic (exact) mass is 196 g/mol. The molecule has 5 heteroatoms. The van der Waals surface area contributed by atoms with Gasteiger partial charge >= 0.3 is 0 Å². The van der Waals surface area contributed by atoms with Gasteiger partial charge in [-0.05, 0) is 12.1 Å². The van der Waals surface area contributed by atoms with Crippen LogP contribution >= 0.6 is 0 Å². The summed E-state index contributed by atoms with van der Waals surface area (Å²) in [4.78, 5) is 0.408. The summed E-state index contributed by atoms with van der Waals surface area (Å²) in [7, 11) is 1.80. The van der Waals surface area contributed by atoms with Gasteiger partial charge < -0.3 is 4.55 Å². The normalized spacial score (nSPS) is 13.4. The van der Waals surface area contributed by atoms with E-state index in [1.54, 1.807) is 30.1 Å². The van der Waals surface area contributed by atoms with Crippen LogP contribution in [-0.2, 0) is 18.1 Å². The lowest BCUT2D eigenvalue weighted by molar-refractivity contribution is 0.565. The third-order valence-corrected chi connectivity index (χ3v) is 2.67. The Morgan fingerprint density at radius 2 is 2.31 bits per heavy atom. The molecule has 0 aliphatic rings. The van der Waals surface area contributed by atoms with E-state index in [2.05, 4.69) is 5.10 Å². The molecular formula is C8H8N2O2S. The van der Waals surface area contributed by atoms with Crippen LogP contribution in [0.3, 0.4) is 0 Å². The Hall–Kier alpha value is -1.20. The Morgan fingerprint density at radius 3 is 3.00 bits per heavy atom. The van der Waals surface area contributed by atoms with Crippen LogP contribution in [0.4, 0.5) is 0 Å². The van der Waals surface area contributed by atoms with E-state index in [4.69, 9.17) is 4.55 Å². The molecule has 2 aromatic rings. The first kappa shape index (κ1) is 8.40.